The first kappa shape index (κ1) is 16.6. The van der Waals surface area contributed by atoms with Crippen molar-refractivity contribution in [1.29, 1.82) is 0 Å². The number of carbonyl (C=O) groups excluding carboxylic acids is 1. The van der Waals surface area contributed by atoms with Crippen LogP contribution in [0.3, 0.4) is 0 Å². The minimum absolute atomic E-state index is 0.00717. The van der Waals surface area contributed by atoms with Gasteiger partial charge in [-0.05, 0) is 24.1 Å². The van der Waals surface area contributed by atoms with E-state index in [9.17, 15) is 9.18 Å². The average Bonchev–Trinajstić information content (AvgIpc) is 3.12. The van der Waals surface area contributed by atoms with E-state index in [2.05, 4.69) is 20.3 Å². The van der Waals surface area contributed by atoms with Crippen molar-refractivity contribution in [3.8, 4) is 0 Å². The first-order valence-electron chi connectivity index (χ1n) is 8.12. The van der Waals surface area contributed by atoms with E-state index in [1.165, 1.54) is 0 Å². The highest BCUT2D eigenvalue weighted by Crippen LogP contribution is 2.22. The van der Waals surface area contributed by atoms with Crippen molar-refractivity contribution < 1.29 is 9.18 Å². The van der Waals surface area contributed by atoms with Gasteiger partial charge in [0.05, 0.1) is 12.1 Å². The minimum Gasteiger partial charge on any atom is -0.354 e. The molecule has 2 aromatic rings. The van der Waals surface area contributed by atoms with Crippen LogP contribution in [0.5, 0.6) is 0 Å². The summed E-state index contributed by atoms with van der Waals surface area (Å²) in [5.74, 6) is -0.0641. The topological polar surface area (TPSA) is 63.1 Å². The van der Waals surface area contributed by atoms with Crippen LogP contribution in [0.1, 0.15) is 17.7 Å². The molecule has 0 saturated carbocycles. The average molecular weight is 331 g/mol. The lowest BCUT2D eigenvalue weighted by Crippen LogP contribution is -2.40. The summed E-state index contributed by atoms with van der Waals surface area (Å²) in [6.45, 7) is 1.49. The lowest BCUT2D eigenvalue weighted by molar-refractivity contribution is -0.120. The lowest BCUT2D eigenvalue weighted by Gasteiger charge is -2.24. The number of nitrogens with one attached hydrogen (secondary N) is 1. The van der Waals surface area contributed by atoms with Crippen LogP contribution in [0.25, 0.3) is 0 Å². The zero-order valence-corrected chi connectivity index (χ0v) is 13.7. The number of halogens is 1. The molecule has 2 aromatic heterocycles. The fraction of sp³-hybridized carbons (Fsp3) is 0.471. The smallest absolute Gasteiger partial charge is 0.224 e. The normalized spacial score (nSPS) is 21.1. The molecule has 1 saturated heterocycles. The van der Waals surface area contributed by atoms with Crippen LogP contribution in [0.15, 0.2) is 36.8 Å². The summed E-state index contributed by atoms with van der Waals surface area (Å²) < 4.78 is 15.6. The summed E-state index contributed by atoms with van der Waals surface area (Å²) in [4.78, 5) is 18.1. The van der Waals surface area contributed by atoms with Gasteiger partial charge in [0.15, 0.2) is 0 Å². The first-order chi connectivity index (χ1) is 11.6. The zero-order chi connectivity index (χ0) is 16.9. The van der Waals surface area contributed by atoms with E-state index in [1.54, 1.807) is 23.3 Å². The molecule has 0 unspecified atom stereocenters. The molecule has 1 N–H and O–H groups in total. The van der Waals surface area contributed by atoms with E-state index in [4.69, 9.17) is 0 Å². The Morgan fingerprint density at radius 1 is 1.42 bits per heavy atom. The van der Waals surface area contributed by atoms with Crippen molar-refractivity contribution in [2.24, 2.45) is 7.05 Å². The number of alkyl halides is 1. The Kier molecular flexibility index (Phi) is 5.20. The van der Waals surface area contributed by atoms with Gasteiger partial charge in [-0.1, -0.05) is 6.07 Å². The minimum atomic E-state index is -0.849. The summed E-state index contributed by atoms with van der Waals surface area (Å²) in [5.41, 5.74) is 1.91. The standard InChI is InChI=1S/C17H22FN5O/c1-22-15(4-6-21-22)12-23-11-14(18)8-16(23)10-20-17(24)7-13-3-2-5-19-9-13/h2-6,9,14,16H,7-8,10-12H2,1H3,(H,20,24)/t14-,16-/m0/s1. The number of hydrogen-bond acceptors (Lipinski definition) is 4. The van der Waals surface area contributed by atoms with E-state index in [0.717, 1.165) is 11.3 Å². The first-order valence-corrected chi connectivity index (χ1v) is 8.12. The van der Waals surface area contributed by atoms with E-state index in [1.807, 2.05) is 25.2 Å². The highest BCUT2D eigenvalue weighted by Gasteiger charge is 2.32. The monoisotopic (exact) mass is 331 g/mol. The third-order valence-electron chi connectivity index (χ3n) is 4.39. The van der Waals surface area contributed by atoms with Gasteiger partial charge in [0.2, 0.25) is 5.91 Å². The molecule has 6 nitrogen and oxygen atoms in total. The number of aryl methyl sites for hydroxylation is 1. The number of rotatable bonds is 6. The highest BCUT2D eigenvalue weighted by atomic mass is 19.1. The molecule has 0 radical (unpaired) electrons. The van der Waals surface area contributed by atoms with Gasteiger partial charge < -0.3 is 5.32 Å². The fourth-order valence-corrected chi connectivity index (χ4v) is 3.08. The predicted octanol–water partition coefficient (Wildman–Crippen LogP) is 1.09. The van der Waals surface area contributed by atoms with Crippen LogP contribution in [0.4, 0.5) is 4.39 Å². The van der Waals surface area contributed by atoms with Crippen LogP contribution < -0.4 is 5.32 Å². The molecule has 1 aliphatic rings. The molecule has 2 atom stereocenters. The summed E-state index contributed by atoms with van der Waals surface area (Å²) in [7, 11) is 1.88. The SMILES string of the molecule is Cn1nccc1CN1C[C@@H](F)C[C@H]1CNC(=O)Cc1cccnc1. The third kappa shape index (κ3) is 4.17. The molecule has 3 rings (SSSR count). The molecule has 128 valence electrons. The molecular formula is C17H22FN5O. The summed E-state index contributed by atoms with van der Waals surface area (Å²) >= 11 is 0. The van der Waals surface area contributed by atoms with Crippen LogP contribution in [0, 0.1) is 0 Å². The number of amides is 1. The van der Waals surface area contributed by atoms with Gasteiger partial charge in [0.25, 0.3) is 0 Å². The molecule has 1 amide bonds. The maximum absolute atomic E-state index is 13.8. The maximum Gasteiger partial charge on any atom is 0.224 e. The van der Waals surface area contributed by atoms with E-state index < -0.39 is 6.17 Å². The molecule has 0 spiro atoms. The number of aromatic nitrogens is 3. The Balaban J connectivity index is 1.53. The van der Waals surface area contributed by atoms with Crippen molar-refractivity contribution in [1.82, 2.24) is 25.0 Å². The van der Waals surface area contributed by atoms with Gasteiger partial charge in [-0.25, -0.2) is 4.39 Å². The van der Waals surface area contributed by atoms with Gasteiger partial charge >= 0.3 is 0 Å². The summed E-state index contributed by atoms with van der Waals surface area (Å²) in [6.07, 6.45) is 4.99. The number of pyridine rings is 1. The predicted molar refractivity (Wildman–Crippen MR) is 87.9 cm³/mol. The van der Waals surface area contributed by atoms with Crippen LogP contribution in [0.2, 0.25) is 0 Å². The second-order valence-corrected chi connectivity index (χ2v) is 6.20. The number of likely N-dealkylation sites (tertiary alicyclic amines) is 1. The third-order valence-corrected chi connectivity index (χ3v) is 4.39. The Hall–Kier alpha value is -2.28. The zero-order valence-electron chi connectivity index (χ0n) is 13.7. The maximum atomic E-state index is 13.8. The molecule has 1 aliphatic heterocycles. The highest BCUT2D eigenvalue weighted by molar-refractivity contribution is 5.78. The van der Waals surface area contributed by atoms with Gasteiger partial charge in [0, 0.05) is 51.3 Å². The van der Waals surface area contributed by atoms with E-state index in [0.29, 0.717) is 32.5 Å². The van der Waals surface area contributed by atoms with Crippen molar-refractivity contribution in [3.05, 3.63) is 48.0 Å². The Morgan fingerprint density at radius 2 is 2.29 bits per heavy atom. The van der Waals surface area contributed by atoms with Crippen molar-refractivity contribution >= 4 is 5.91 Å². The molecule has 7 heteroatoms. The molecule has 3 heterocycles. The van der Waals surface area contributed by atoms with Crippen molar-refractivity contribution in [3.63, 3.8) is 0 Å². The Labute approximate surface area is 140 Å². The second kappa shape index (κ2) is 7.53. The number of carbonyl (C=O) groups is 1. The fourth-order valence-electron chi connectivity index (χ4n) is 3.08. The Bertz CT molecular complexity index is 675. The quantitative estimate of drug-likeness (QED) is 0.861. The molecule has 1 fully saturated rings. The van der Waals surface area contributed by atoms with Crippen LogP contribution in [-0.4, -0.2) is 50.9 Å². The number of hydrogen-bond donors (Lipinski definition) is 1. The van der Waals surface area contributed by atoms with E-state index >= 15 is 0 Å². The second-order valence-electron chi connectivity index (χ2n) is 6.20. The largest absolute Gasteiger partial charge is 0.354 e. The van der Waals surface area contributed by atoms with Crippen molar-refractivity contribution in [2.45, 2.75) is 31.6 Å². The van der Waals surface area contributed by atoms with Crippen LogP contribution in [-0.2, 0) is 24.8 Å². The van der Waals surface area contributed by atoms with Crippen molar-refractivity contribution in [2.75, 3.05) is 13.1 Å². The molecule has 24 heavy (non-hydrogen) atoms. The molecular weight excluding hydrogens is 309 g/mol. The Morgan fingerprint density at radius 3 is 3.00 bits per heavy atom. The molecule has 0 bridgehead atoms. The van der Waals surface area contributed by atoms with Gasteiger partial charge in [-0.15, -0.1) is 0 Å². The molecule has 0 aromatic carbocycles. The lowest BCUT2D eigenvalue weighted by atomic mass is 10.2. The van der Waals surface area contributed by atoms with Crippen LogP contribution >= 0.6 is 0 Å². The number of nitrogens with zero attached hydrogens (tertiary/aromatic N) is 4. The van der Waals surface area contributed by atoms with Gasteiger partial charge in [-0.2, -0.15) is 5.10 Å². The molecule has 0 aliphatic carbocycles. The summed E-state index contributed by atoms with van der Waals surface area (Å²) in [6, 6.07) is 5.62. The summed E-state index contributed by atoms with van der Waals surface area (Å²) in [5, 5.41) is 7.06. The van der Waals surface area contributed by atoms with Gasteiger partial charge in [-0.3, -0.25) is 19.4 Å². The van der Waals surface area contributed by atoms with Gasteiger partial charge in [0.1, 0.15) is 6.17 Å². The van der Waals surface area contributed by atoms with E-state index in [-0.39, 0.29) is 11.9 Å².